The molecule has 0 atom stereocenters. The topological polar surface area (TPSA) is 47.6 Å². The molecule has 1 aliphatic rings. The lowest BCUT2D eigenvalue weighted by Crippen LogP contribution is -2.46. The molecular formula is C17H25NO3. The lowest BCUT2D eigenvalue weighted by atomic mass is 9.77. The molecule has 0 unspecified atom stereocenters. The average molecular weight is 291 g/mol. The van der Waals surface area contributed by atoms with Gasteiger partial charge in [-0.1, -0.05) is 19.3 Å². The number of methoxy groups -OCH3 is 2. The Morgan fingerprint density at radius 2 is 1.90 bits per heavy atom. The number of ketones is 1. The van der Waals surface area contributed by atoms with E-state index in [0.29, 0.717) is 23.5 Å². The van der Waals surface area contributed by atoms with Crippen molar-refractivity contribution in [3.8, 4) is 11.5 Å². The summed E-state index contributed by atoms with van der Waals surface area (Å²) in [5, 5.41) is 3.39. The van der Waals surface area contributed by atoms with E-state index in [9.17, 15) is 4.79 Å². The maximum atomic E-state index is 12.7. The Hall–Kier alpha value is -1.55. The summed E-state index contributed by atoms with van der Waals surface area (Å²) in [6.07, 6.45) is 6.29. The molecule has 0 aromatic heterocycles. The summed E-state index contributed by atoms with van der Waals surface area (Å²) in [4.78, 5) is 12.7. The monoisotopic (exact) mass is 291 g/mol. The molecule has 4 nitrogen and oxygen atoms in total. The lowest BCUT2D eigenvalue weighted by Gasteiger charge is -2.36. The second-order valence-corrected chi connectivity index (χ2v) is 5.76. The molecule has 1 saturated carbocycles. The zero-order valence-electron chi connectivity index (χ0n) is 13.2. The third-order valence-electron chi connectivity index (χ3n) is 4.55. The van der Waals surface area contributed by atoms with Crippen molar-refractivity contribution in [3.63, 3.8) is 0 Å². The van der Waals surface area contributed by atoms with Crippen molar-refractivity contribution in [2.75, 3.05) is 21.3 Å². The number of hydrogen-bond donors (Lipinski definition) is 1. The molecule has 1 fully saturated rings. The Bertz CT molecular complexity index is 493. The molecular weight excluding hydrogens is 266 g/mol. The van der Waals surface area contributed by atoms with E-state index in [1.54, 1.807) is 26.4 Å². The van der Waals surface area contributed by atoms with Crippen LogP contribution >= 0.6 is 0 Å². The minimum absolute atomic E-state index is 0.0553. The van der Waals surface area contributed by atoms with Crippen LogP contribution in [0.4, 0.5) is 0 Å². The van der Waals surface area contributed by atoms with Crippen molar-refractivity contribution < 1.29 is 14.3 Å². The van der Waals surface area contributed by atoms with Crippen molar-refractivity contribution >= 4 is 5.78 Å². The second-order valence-electron chi connectivity index (χ2n) is 5.76. The number of rotatable bonds is 6. The highest BCUT2D eigenvalue weighted by molar-refractivity contribution is 5.99. The van der Waals surface area contributed by atoms with Crippen LogP contribution in [0.1, 0.15) is 48.9 Å². The Morgan fingerprint density at radius 3 is 2.48 bits per heavy atom. The van der Waals surface area contributed by atoms with Gasteiger partial charge in [-0.05, 0) is 32.0 Å². The van der Waals surface area contributed by atoms with Crippen LogP contribution in [-0.4, -0.2) is 32.6 Å². The van der Waals surface area contributed by atoms with Crippen molar-refractivity contribution in [2.24, 2.45) is 0 Å². The average Bonchev–Trinajstić information content (AvgIpc) is 2.54. The van der Waals surface area contributed by atoms with Crippen molar-refractivity contribution in [3.05, 3.63) is 23.8 Å². The number of carbonyl (C=O) groups is 1. The number of benzene rings is 1. The molecule has 21 heavy (non-hydrogen) atoms. The highest BCUT2D eigenvalue weighted by atomic mass is 16.5. The van der Waals surface area contributed by atoms with Crippen LogP contribution in [0.3, 0.4) is 0 Å². The largest absolute Gasteiger partial charge is 0.497 e. The van der Waals surface area contributed by atoms with Gasteiger partial charge in [-0.25, -0.2) is 0 Å². The summed E-state index contributed by atoms with van der Waals surface area (Å²) in [5.74, 6) is 1.41. The van der Waals surface area contributed by atoms with Gasteiger partial charge in [0.1, 0.15) is 11.5 Å². The third kappa shape index (κ3) is 3.56. The van der Waals surface area contributed by atoms with Gasteiger partial charge in [0, 0.05) is 18.0 Å². The normalized spacial score (nSPS) is 17.3. The van der Waals surface area contributed by atoms with Crippen molar-refractivity contribution in [1.82, 2.24) is 5.32 Å². The van der Waals surface area contributed by atoms with Crippen LogP contribution < -0.4 is 14.8 Å². The van der Waals surface area contributed by atoms with Gasteiger partial charge in [0.25, 0.3) is 0 Å². The summed E-state index contributed by atoms with van der Waals surface area (Å²) < 4.78 is 10.5. The van der Waals surface area contributed by atoms with E-state index in [0.717, 1.165) is 12.8 Å². The fourth-order valence-electron chi connectivity index (χ4n) is 3.18. The molecule has 0 spiro atoms. The molecule has 116 valence electrons. The van der Waals surface area contributed by atoms with Crippen LogP contribution in [0.15, 0.2) is 18.2 Å². The van der Waals surface area contributed by atoms with E-state index in [4.69, 9.17) is 9.47 Å². The summed E-state index contributed by atoms with van der Waals surface area (Å²) >= 11 is 0. The second kappa shape index (κ2) is 6.94. The fourth-order valence-corrected chi connectivity index (χ4v) is 3.18. The highest BCUT2D eigenvalue weighted by Gasteiger charge is 2.33. The van der Waals surface area contributed by atoms with E-state index in [1.165, 1.54) is 19.3 Å². The van der Waals surface area contributed by atoms with Gasteiger partial charge in [0.2, 0.25) is 0 Å². The third-order valence-corrected chi connectivity index (χ3v) is 4.55. The Morgan fingerprint density at radius 1 is 1.19 bits per heavy atom. The van der Waals surface area contributed by atoms with E-state index >= 15 is 0 Å². The van der Waals surface area contributed by atoms with Crippen molar-refractivity contribution in [1.29, 1.82) is 0 Å². The van der Waals surface area contributed by atoms with Gasteiger partial charge in [-0.15, -0.1) is 0 Å². The molecule has 2 rings (SSSR count). The fraction of sp³-hybridized carbons (Fsp3) is 0.588. The maximum Gasteiger partial charge on any atom is 0.168 e. The van der Waals surface area contributed by atoms with Crippen LogP contribution in [0, 0.1) is 0 Å². The predicted molar refractivity (Wildman–Crippen MR) is 83.4 cm³/mol. The first-order valence-corrected chi connectivity index (χ1v) is 7.58. The van der Waals surface area contributed by atoms with E-state index < -0.39 is 0 Å². The molecule has 1 aromatic rings. The molecule has 1 aliphatic carbocycles. The van der Waals surface area contributed by atoms with Crippen LogP contribution in [-0.2, 0) is 0 Å². The maximum absolute atomic E-state index is 12.7. The van der Waals surface area contributed by atoms with Crippen LogP contribution in [0.2, 0.25) is 0 Å². The standard InChI is InChI=1S/C17H25NO3/c1-18-17(9-5-4-6-10-17)12-15(19)14-8-7-13(20-2)11-16(14)21-3/h7-8,11,18H,4-6,9-10,12H2,1-3H3. The van der Waals surface area contributed by atoms with Gasteiger partial charge in [-0.2, -0.15) is 0 Å². The number of hydrogen-bond acceptors (Lipinski definition) is 4. The molecule has 0 amide bonds. The number of nitrogens with one attached hydrogen (secondary N) is 1. The summed E-state index contributed by atoms with van der Waals surface area (Å²) in [5.41, 5.74) is 0.582. The molecule has 4 heteroatoms. The highest BCUT2D eigenvalue weighted by Crippen LogP contribution is 2.33. The van der Waals surface area contributed by atoms with Crippen LogP contribution in [0.5, 0.6) is 11.5 Å². The predicted octanol–water partition coefficient (Wildman–Crippen LogP) is 3.20. The summed E-state index contributed by atoms with van der Waals surface area (Å²) in [6.45, 7) is 0. The molecule has 1 aromatic carbocycles. The van der Waals surface area contributed by atoms with Gasteiger partial charge in [0.15, 0.2) is 5.78 Å². The Labute approximate surface area is 126 Å². The molecule has 0 radical (unpaired) electrons. The molecule has 0 saturated heterocycles. The zero-order chi connectivity index (χ0) is 15.3. The number of Topliss-reactive ketones (excluding diaryl/α,β-unsaturated/α-hetero) is 1. The minimum Gasteiger partial charge on any atom is -0.497 e. The van der Waals surface area contributed by atoms with Crippen molar-refractivity contribution in [2.45, 2.75) is 44.1 Å². The van der Waals surface area contributed by atoms with E-state index in [2.05, 4.69) is 5.32 Å². The van der Waals surface area contributed by atoms with E-state index in [1.807, 2.05) is 13.1 Å². The first kappa shape index (κ1) is 15.8. The van der Waals surface area contributed by atoms with Gasteiger partial charge < -0.3 is 14.8 Å². The summed E-state index contributed by atoms with van der Waals surface area (Å²) in [6, 6.07) is 5.37. The molecule has 0 heterocycles. The smallest absolute Gasteiger partial charge is 0.168 e. The van der Waals surface area contributed by atoms with Crippen LogP contribution in [0.25, 0.3) is 0 Å². The zero-order valence-corrected chi connectivity index (χ0v) is 13.2. The quantitative estimate of drug-likeness (QED) is 0.818. The minimum atomic E-state index is -0.0553. The lowest BCUT2D eigenvalue weighted by molar-refractivity contribution is 0.0912. The van der Waals surface area contributed by atoms with Gasteiger partial charge in [0.05, 0.1) is 19.8 Å². The SMILES string of the molecule is CNC1(CC(=O)c2ccc(OC)cc2OC)CCCCC1. The van der Waals surface area contributed by atoms with E-state index in [-0.39, 0.29) is 11.3 Å². The van der Waals surface area contributed by atoms with Gasteiger partial charge in [-0.3, -0.25) is 4.79 Å². The number of carbonyl (C=O) groups excluding carboxylic acids is 1. The van der Waals surface area contributed by atoms with Gasteiger partial charge >= 0.3 is 0 Å². The first-order chi connectivity index (χ1) is 10.1. The molecule has 0 bridgehead atoms. The first-order valence-electron chi connectivity index (χ1n) is 7.58. The Kier molecular flexibility index (Phi) is 5.23. The summed E-state index contributed by atoms with van der Waals surface area (Å²) in [7, 11) is 5.15. The molecule has 0 aliphatic heterocycles. The Balaban J connectivity index is 2.19. The number of ether oxygens (including phenoxy) is 2. The molecule has 1 N–H and O–H groups in total.